The fourth-order valence-corrected chi connectivity index (χ4v) is 2.75. The number of aliphatic hydroxyl groups is 2. The summed E-state index contributed by atoms with van der Waals surface area (Å²) in [5.41, 5.74) is 15.9. The zero-order valence-corrected chi connectivity index (χ0v) is 19.2. The minimum Gasteiger partial charge on any atom is -0.480 e. The molecule has 14 nitrogen and oxygen atoms in total. The number of hydrogen-bond donors (Lipinski definition) is 9. The van der Waals surface area contributed by atoms with Crippen LogP contribution in [-0.2, 0) is 19.2 Å². The zero-order chi connectivity index (χ0) is 25.7. The average Bonchev–Trinajstić information content (AvgIpc) is 2.71. The first-order chi connectivity index (χ1) is 15.3. The molecule has 0 fully saturated rings. The van der Waals surface area contributed by atoms with E-state index in [4.69, 9.17) is 22.3 Å². The van der Waals surface area contributed by atoms with Gasteiger partial charge in [0.1, 0.15) is 24.2 Å². The summed E-state index contributed by atoms with van der Waals surface area (Å²) in [7, 11) is 0. The third-order valence-electron chi connectivity index (χ3n) is 4.50. The van der Waals surface area contributed by atoms with Crippen LogP contribution in [0.3, 0.4) is 0 Å². The highest BCUT2D eigenvalue weighted by Gasteiger charge is 2.32. The van der Waals surface area contributed by atoms with Gasteiger partial charge < -0.3 is 48.5 Å². The summed E-state index contributed by atoms with van der Waals surface area (Å²) in [6.07, 6.45) is -0.845. The molecule has 12 N–H and O–H groups in total. The number of carbonyl (C=O) groups is 4. The van der Waals surface area contributed by atoms with Crippen molar-refractivity contribution in [2.24, 2.45) is 28.1 Å². The van der Waals surface area contributed by atoms with Crippen molar-refractivity contribution >= 4 is 29.7 Å². The third-order valence-corrected chi connectivity index (χ3v) is 4.50. The topological polar surface area (TPSA) is 255 Å². The van der Waals surface area contributed by atoms with E-state index in [0.717, 1.165) is 0 Å². The van der Waals surface area contributed by atoms with Gasteiger partial charge in [0.25, 0.3) is 0 Å². The number of nitrogens with one attached hydrogen (secondary N) is 3. The highest BCUT2D eigenvalue weighted by atomic mass is 16.4. The predicted octanol–water partition coefficient (Wildman–Crippen LogP) is -3.67. The molecule has 33 heavy (non-hydrogen) atoms. The van der Waals surface area contributed by atoms with Crippen molar-refractivity contribution in [1.82, 2.24) is 16.0 Å². The Morgan fingerprint density at radius 1 is 0.939 bits per heavy atom. The molecule has 5 unspecified atom stereocenters. The number of nitrogens with two attached hydrogens (primary N) is 3. The largest absolute Gasteiger partial charge is 0.480 e. The number of rotatable bonds is 15. The third kappa shape index (κ3) is 12.0. The molecule has 0 rings (SSSR count). The molecule has 0 bridgehead atoms. The standard InChI is InChI=1S/C19H37N7O7/c1-9(2)7-13(16(30)24-12(18(32)33)5-4-6-23-19(21)22)25-17(31)14(10(3)28)26-15(29)11(20)8-27/h9-14,27-28H,4-8,20H2,1-3H3,(H,24,30)(H,25,31)(H,26,29)(H,32,33)(H4,21,22,23). The number of guanidine groups is 1. The zero-order valence-electron chi connectivity index (χ0n) is 19.2. The Hall–Kier alpha value is -2.97. The van der Waals surface area contributed by atoms with Crippen LogP contribution < -0.4 is 33.2 Å². The van der Waals surface area contributed by atoms with Crippen molar-refractivity contribution in [3.8, 4) is 0 Å². The van der Waals surface area contributed by atoms with Crippen LogP contribution in [0.1, 0.15) is 40.0 Å². The van der Waals surface area contributed by atoms with Gasteiger partial charge in [-0.1, -0.05) is 13.8 Å². The molecule has 0 heterocycles. The Labute approximate surface area is 192 Å². The summed E-state index contributed by atoms with van der Waals surface area (Å²) in [5.74, 6) is -3.94. The number of carbonyl (C=O) groups excluding carboxylic acids is 3. The molecule has 0 aromatic rings. The molecule has 0 saturated heterocycles. The smallest absolute Gasteiger partial charge is 0.326 e. The molecule has 190 valence electrons. The van der Waals surface area contributed by atoms with E-state index >= 15 is 0 Å². The first-order valence-electron chi connectivity index (χ1n) is 10.5. The second-order valence-corrected chi connectivity index (χ2v) is 8.05. The molecular weight excluding hydrogens is 438 g/mol. The Balaban J connectivity index is 5.35. The van der Waals surface area contributed by atoms with Crippen molar-refractivity contribution in [1.29, 1.82) is 0 Å². The van der Waals surface area contributed by atoms with E-state index < -0.39 is 60.6 Å². The SMILES string of the molecule is CC(C)CC(NC(=O)C(NC(=O)C(N)CO)C(C)O)C(=O)NC(CCCN=C(N)N)C(=O)O. The molecule has 3 amide bonds. The van der Waals surface area contributed by atoms with Crippen LogP contribution in [-0.4, -0.2) is 88.4 Å². The second kappa shape index (κ2) is 15.0. The monoisotopic (exact) mass is 475 g/mol. The number of hydrogen-bond acceptors (Lipinski definition) is 8. The number of nitrogens with zero attached hydrogens (tertiary/aromatic N) is 1. The fourth-order valence-electron chi connectivity index (χ4n) is 2.75. The number of carboxylic acid groups (broad SMARTS) is 1. The highest BCUT2D eigenvalue weighted by molar-refractivity contribution is 5.94. The lowest BCUT2D eigenvalue weighted by atomic mass is 10.0. The van der Waals surface area contributed by atoms with E-state index in [2.05, 4.69) is 20.9 Å². The number of aliphatic imine (C=N–C) groups is 1. The summed E-state index contributed by atoms with van der Waals surface area (Å²) in [5, 5.41) is 35.3. The van der Waals surface area contributed by atoms with Crippen LogP contribution in [0.4, 0.5) is 0 Å². The van der Waals surface area contributed by atoms with Crippen LogP contribution >= 0.6 is 0 Å². The van der Waals surface area contributed by atoms with Crippen molar-refractivity contribution in [2.75, 3.05) is 13.2 Å². The minimum atomic E-state index is -1.45. The lowest BCUT2D eigenvalue weighted by molar-refractivity contribution is -0.142. The Bertz CT molecular complexity index is 696. The van der Waals surface area contributed by atoms with Gasteiger partial charge in [0.2, 0.25) is 17.7 Å². The summed E-state index contributed by atoms with van der Waals surface area (Å²) in [4.78, 5) is 52.7. The van der Waals surface area contributed by atoms with E-state index in [1.165, 1.54) is 6.92 Å². The Morgan fingerprint density at radius 2 is 1.52 bits per heavy atom. The average molecular weight is 476 g/mol. The van der Waals surface area contributed by atoms with E-state index in [9.17, 15) is 29.4 Å². The van der Waals surface area contributed by atoms with Gasteiger partial charge in [-0.25, -0.2) is 4.79 Å². The molecule has 14 heteroatoms. The van der Waals surface area contributed by atoms with Crippen molar-refractivity contribution in [3.05, 3.63) is 0 Å². The van der Waals surface area contributed by atoms with E-state index in [-0.39, 0.29) is 37.7 Å². The maximum atomic E-state index is 12.8. The summed E-state index contributed by atoms with van der Waals surface area (Å²) in [6, 6.07) is -5.13. The van der Waals surface area contributed by atoms with Gasteiger partial charge in [-0.2, -0.15) is 0 Å². The van der Waals surface area contributed by atoms with Gasteiger partial charge in [0, 0.05) is 6.54 Å². The van der Waals surface area contributed by atoms with Crippen LogP contribution in [0.15, 0.2) is 4.99 Å². The number of aliphatic hydroxyl groups excluding tert-OH is 2. The van der Waals surface area contributed by atoms with Crippen LogP contribution in [0, 0.1) is 5.92 Å². The number of amides is 3. The molecule has 0 spiro atoms. The van der Waals surface area contributed by atoms with Crippen molar-refractivity contribution < 1.29 is 34.5 Å². The van der Waals surface area contributed by atoms with Crippen LogP contribution in [0.5, 0.6) is 0 Å². The van der Waals surface area contributed by atoms with Gasteiger partial charge in [0.15, 0.2) is 5.96 Å². The molecule has 0 aromatic carbocycles. The molecule has 0 radical (unpaired) electrons. The number of aliphatic carboxylic acids is 1. The normalized spacial score (nSPS) is 15.5. The summed E-state index contributed by atoms with van der Waals surface area (Å²) < 4.78 is 0. The molecule has 0 aliphatic heterocycles. The summed E-state index contributed by atoms with van der Waals surface area (Å²) >= 11 is 0. The van der Waals surface area contributed by atoms with Gasteiger partial charge in [-0.15, -0.1) is 0 Å². The van der Waals surface area contributed by atoms with Crippen LogP contribution in [0.25, 0.3) is 0 Å². The predicted molar refractivity (Wildman–Crippen MR) is 120 cm³/mol. The van der Waals surface area contributed by atoms with E-state index in [1.54, 1.807) is 13.8 Å². The maximum Gasteiger partial charge on any atom is 0.326 e. The lowest BCUT2D eigenvalue weighted by Crippen LogP contribution is -2.60. The van der Waals surface area contributed by atoms with Gasteiger partial charge >= 0.3 is 5.97 Å². The minimum absolute atomic E-state index is 0.0472. The van der Waals surface area contributed by atoms with E-state index in [1.807, 2.05) is 0 Å². The van der Waals surface area contributed by atoms with Crippen molar-refractivity contribution in [2.45, 2.75) is 70.3 Å². The molecule has 0 saturated carbocycles. The molecule has 0 aromatic heterocycles. The van der Waals surface area contributed by atoms with Gasteiger partial charge in [-0.05, 0) is 32.1 Å². The van der Waals surface area contributed by atoms with E-state index in [0.29, 0.717) is 0 Å². The van der Waals surface area contributed by atoms with Gasteiger partial charge in [-0.3, -0.25) is 19.4 Å². The van der Waals surface area contributed by atoms with Gasteiger partial charge in [0.05, 0.1) is 12.7 Å². The molecule has 0 aliphatic rings. The fraction of sp³-hybridized carbons (Fsp3) is 0.737. The first kappa shape index (κ1) is 30.0. The molecular formula is C19H37N7O7. The van der Waals surface area contributed by atoms with Crippen molar-refractivity contribution in [3.63, 3.8) is 0 Å². The van der Waals surface area contributed by atoms with Crippen LogP contribution in [0.2, 0.25) is 0 Å². The highest BCUT2D eigenvalue weighted by Crippen LogP contribution is 2.08. The molecule has 0 aliphatic carbocycles. The Morgan fingerprint density at radius 3 is 1.97 bits per heavy atom. The quantitative estimate of drug-likeness (QED) is 0.0636. The first-order valence-corrected chi connectivity index (χ1v) is 10.5. The maximum absolute atomic E-state index is 12.8. The second-order valence-electron chi connectivity index (χ2n) is 8.05. The Kier molecular flexibility index (Phi) is 13.6. The summed E-state index contributed by atoms with van der Waals surface area (Å²) in [6.45, 7) is 4.36. The molecule has 5 atom stereocenters. The lowest BCUT2D eigenvalue weighted by Gasteiger charge is -2.27. The number of carboxylic acids is 1.